The zero-order valence-electron chi connectivity index (χ0n) is 9.66. The van der Waals surface area contributed by atoms with Crippen molar-refractivity contribution >= 4 is 26.5 Å². The summed E-state index contributed by atoms with van der Waals surface area (Å²) in [6.45, 7) is 0.557. The van der Waals surface area contributed by atoms with Crippen LogP contribution in [0.15, 0.2) is 4.34 Å². The molecule has 1 aliphatic carbocycles. The van der Waals surface area contributed by atoms with E-state index in [2.05, 4.69) is 10.2 Å². The molecule has 0 amide bonds. The number of anilines is 1. The summed E-state index contributed by atoms with van der Waals surface area (Å²) >= 11 is 0.907. The van der Waals surface area contributed by atoms with Crippen molar-refractivity contribution in [2.45, 2.75) is 30.0 Å². The van der Waals surface area contributed by atoms with Crippen molar-refractivity contribution < 1.29 is 8.42 Å². The van der Waals surface area contributed by atoms with Crippen LogP contribution in [0, 0.1) is 5.92 Å². The van der Waals surface area contributed by atoms with Gasteiger partial charge in [0.25, 0.3) is 10.0 Å². The average molecular weight is 276 g/mol. The van der Waals surface area contributed by atoms with E-state index in [1.165, 1.54) is 17.1 Å². The van der Waals surface area contributed by atoms with E-state index in [1.807, 2.05) is 0 Å². The van der Waals surface area contributed by atoms with Crippen LogP contribution in [0.4, 0.5) is 5.13 Å². The van der Waals surface area contributed by atoms with Gasteiger partial charge in [-0.2, -0.15) is 4.31 Å². The van der Waals surface area contributed by atoms with E-state index in [0.717, 1.165) is 24.2 Å². The second kappa shape index (κ2) is 4.87. The predicted octanol–water partition coefficient (Wildman–Crippen LogP) is 0.931. The highest BCUT2D eigenvalue weighted by Crippen LogP contribution is 2.27. The van der Waals surface area contributed by atoms with Gasteiger partial charge in [-0.05, 0) is 18.8 Å². The third-order valence-electron chi connectivity index (χ3n) is 3.04. The summed E-state index contributed by atoms with van der Waals surface area (Å²) in [4.78, 5) is 0. The first-order valence-corrected chi connectivity index (χ1v) is 7.81. The van der Waals surface area contributed by atoms with E-state index in [9.17, 15) is 8.42 Å². The molecule has 6 nitrogen and oxygen atoms in total. The highest BCUT2D eigenvalue weighted by atomic mass is 32.2. The lowest BCUT2D eigenvalue weighted by Crippen LogP contribution is -2.31. The number of sulfonamides is 1. The molecule has 1 saturated carbocycles. The Kier molecular flexibility index (Phi) is 3.64. The molecule has 8 heteroatoms. The van der Waals surface area contributed by atoms with Crippen molar-refractivity contribution in [3.8, 4) is 0 Å². The van der Waals surface area contributed by atoms with Gasteiger partial charge in [0.05, 0.1) is 0 Å². The Morgan fingerprint density at radius 2 is 2.06 bits per heavy atom. The second-order valence-electron chi connectivity index (χ2n) is 4.34. The maximum Gasteiger partial charge on any atom is 0.272 e. The molecule has 0 bridgehead atoms. The SMILES string of the molecule is CN(CC1CCCC1)S(=O)(=O)c1nnc(N)s1. The molecular formula is C9H16N4O2S2. The average Bonchev–Trinajstić information content (AvgIpc) is 2.89. The summed E-state index contributed by atoms with van der Waals surface area (Å²) in [7, 11) is -1.92. The Morgan fingerprint density at radius 1 is 1.41 bits per heavy atom. The number of hydrogen-bond acceptors (Lipinski definition) is 6. The van der Waals surface area contributed by atoms with Crippen LogP contribution in [0.25, 0.3) is 0 Å². The highest BCUT2D eigenvalue weighted by Gasteiger charge is 2.28. The highest BCUT2D eigenvalue weighted by molar-refractivity contribution is 7.91. The van der Waals surface area contributed by atoms with Crippen molar-refractivity contribution in [3.63, 3.8) is 0 Å². The number of rotatable bonds is 4. The van der Waals surface area contributed by atoms with Crippen LogP contribution in [0.3, 0.4) is 0 Å². The van der Waals surface area contributed by atoms with Crippen molar-refractivity contribution in [3.05, 3.63) is 0 Å². The van der Waals surface area contributed by atoms with E-state index in [4.69, 9.17) is 5.73 Å². The van der Waals surface area contributed by atoms with Crippen LogP contribution >= 0.6 is 11.3 Å². The monoisotopic (exact) mass is 276 g/mol. The molecule has 0 spiro atoms. The van der Waals surface area contributed by atoms with Crippen molar-refractivity contribution in [1.82, 2.24) is 14.5 Å². The fraction of sp³-hybridized carbons (Fsp3) is 0.778. The molecule has 1 aromatic heterocycles. The zero-order chi connectivity index (χ0) is 12.5. The molecule has 1 heterocycles. The Balaban J connectivity index is 2.09. The first-order valence-electron chi connectivity index (χ1n) is 5.55. The van der Waals surface area contributed by atoms with E-state index in [1.54, 1.807) is 7.05 Å². The maximum atomic E-state index is 12.1. The molecule has 0 radical (unpaired) electrons. The van der Waals surface area contributed by atoms with E-state index in [-0.39, 0.29) is 9.47 Å². The summed E-state index contributed by atoms with van der Waals surface area (Å²) in [5.74, 6) is 0.472. The second-order valence-corrected chi connectivity index (χ2v) is 7.57. The van der Waals surface area contributed by atoms with Crippen LogP contribution in [0.5, 0.6) is 0 Å². The Labute approximate surface area is 105 Å². The van der Waals surface area contributed by atoms with Crippen LogP contribution in [0.2, 0.25) is 0 Å². The Morgan fingerprint density at radius 3 is 2.59 bits per heavy atom. The van der Waals surface area contributed by atoms with Gasteiger partial charge >= 0.3 is 0 Å². The number of nitrogens with zero attached hydrogens (tertiary/aromatic N) is 3. The molecule has 2 N–H and O–H groups in total. The van der Waals surface area contributed by atoms with Crippen molar-refractivity contribution in [1.29, 1.82) is 0 Å². The molecule has 1 fully saturated rings. The standard InChI is InChI=1S/C9H16N4O2S2/c1-13(6-7-4-2-3-5-7)17(14,15)9-12-11-8(10)16-9/h7H,2-6H2,1H3,(H2,10,11). The van der Waals surface area contributed by atoms with Crippen molar-refractivity contribution in [2.75, 3.05) is 19.3 Å². The van der Waals surface area contributed by atoms with Crippen molar-refractivity contribution in [2.24, 2.45) is 5.92 Å². The Bertz CT molecular complexity index is 479. The topological polar surface area (TPSA) is 89.2 Å². The minimum absolute atomic E-state index is 0.0181. The van der Waals surface area contributed by atoms with Gasteiger partial charge in [-0.1, -0.05) is 24.2 Å². The lowest BCUT2D eigenvalue weighted by Gasteiger charge is -2.18. The van der Waals surface area contributed by atoms with Crippen LogP contribution < -0.4 is 5.73 Å². The predicted molar refractivity (Wildman–Crippen MR) is 66.1 cm³/mol. The third kappa shape index (κ3) is 2.75. The molecule has 0 unspecified atom stereocenters. The first kappa shape index (κ1) is 12.7. The molecule has 0 aromatic carbocycles. The number of nitrogen functional groups attached to an aromatic ring is 1. The zero-order valence-corrected chi connectivity index (χ0v) is 11.3. The van der Waals surface area contributed by atoms with Gasteiger partial charge in [0, 0.05) is 13.6 Å². The molecule has 0 aliphatic heterocycles. The van der Waals surface area contributed by atoms with Gasteiger partial charge < -0.3 is 5.73 Å². The summed E-state index contributed by atoms with van der Waals surface area (Å²) < 4.78 is 25.6. The molecule has 1 aromatic rings. The number of hydrogen-bond donors (Lipinski definition) is 1. The van der Waals surface area contributed by atoms with Gasteiger partial charge in [-0.15, -0.1) is 10.2 Å². The molecule has 0 saturated heterocycles. The summed E-state index contributed by atoms with van der Waals surface area (Å²) in [5, 5.41) is 7.31. The number of nitrogens with two attached hydrogens (primary N) is 1. The van der Waals surface area contributed by atoms with Gasteiger partial charge in [0.15, 0.2) is 0 Å². The Hall–Kier alpha value is -0.730. The lowest BCUT2D eigenvalue weighted by molar-refractivity contribution is 0.387. The van der Waals surface area contributed by atoms with Gasteiger partial charge in [-0.25, -0.2) is 8.42 Å². The van der Waals surface area contributed by atoms with E-state index < -0.39 is 10.0 Å². The summed E-state index contributed by atoms with van der Waals surface area (Å²) in [5.41, 5.74) is 5.40. The minimum Gasteiger partial charge on any atom is -0.374 e. The minimum atomic E-state index is -3.51. The van der Waals surface area contributed by atoms with Gasteiger partial charge in [0.2, 0.25) is 9.47 Å². The largest absolute Gasteiger partial charge is 0.374 e. The summed E-state index contributed by atoms with van der Waals surface area (Å²) in [6.07, 6.45) is 4.62. The van der Waals surface area contributed by atoms with Crippen LogP contribution in [-0.4, -0.2) is 36.5 Å². The van der Waals surface area contributed by atoms with Gasteiger partial charge in [0.1, 0.15) is 0 Å². The van der Waals surface area contributed by atoms with Crippen LogP contribution in [-0.2, 0) is 10.0 Å². The normalized spacial score (nSPS) is 18.0. The molecule has 96 valence electrons. The maximum absolute atomic E-state index is 12.1. The smallest absolute Gasteiger partial charge is 0.272 e. The fourth-order valence-corrected chi connectivity index (χ4v) is 4.33. The third-order valence-corrected chi connectivity index (χ3v) is 5.96. The quantitative estimate of drug-likeness (QED) is 0.883. The molecular weight excluding hydrogens is 260 g/mol. The fourth-order valence-electron chi connectivity index (χ4n) is 2.11. The number of aromatic nitrogens is 2. The molecule has 1 aliphatic rings. The van der Waals surface area contributed by atoms with Crippen LogP contribution in [0.1, 0.15) is 25.7 Å². The van der Waals surface area contributed by atoms with E-state index in [0.29, 0.717) is 12.5 Å². The van der Waals surface area contributed by atoms with E-state index >= 15 is 0 Å². The first-order chi connectivity index (χ1) is 8.00. The molecule has 17 heavy (non-hydrogen) atoms. The van der Waals surface area contributed by atoms with Gasteiger partial charge in [-0.3, -0.25) is 0 Å². The molecule has 0 atom stereocenters. The lowest BCUT2D eigenvalue weighted by atomic mass is 10.1. The molecule has 2 rings (SSSR count). The summed E-state index contributed by atoms with van der Waals surface area (Å²) in [6, 6.07) is 0.